The first-order valence-electron chi connectivity index (χ1n) is 6.86. The van der Waals surface area contributed by atoms with Crippen LogP contribution in [0.25, 0.3) is 0 Å². The van der Waals surface area contributed by atoms with Gasteiger partial charge in [0.25, 0.3) is 0 Å². The highest BCUT2D eigenvalue weighted by Gasteiger charge is 2.40. The molecule has 20 heavy (non-hydrogen) atoms. The molecule has 7 nitrogen and oxygen atoms in total. The Morgan fingerprint density at radius 1 is 1.35 bits per heavy atom. The van der Waals surface area contributed by atoms with E-state index < -0.39 is 17.9 Å². The molecule has 2 saturated heterocycles. The van der Waals surface area contributed by atoms with Gasteiger partial charge < -0.3 is 24.8 Å². The summed E-state index contributed by atoms with van der Waals surface area (Å²) in [6.45, 7) is 3.55. The van der Waals surface area contributed by atoms with Crippen LogP contribution in [0.3, 0.4) is 0 Å². The van der Waals surface area contributed by atoms with Crippen molar-refractivity contribution in [3.63, 3.8) is 0 Å². The van der Waals surface area contributed by atoms with E-state index in [0.717, 1.165) is 19.4 Å². The van der Waals surface area contributed by atoms with Crippen LogP contribution in [0.1, 0.15) is 19.8 Å². The van der Waals surface area contributed by atoms with Crippen molar-refractivity contribution in [2.24, 2.45) is 5.92 Å². The molecular weight excluding hydrogens is 264 g/mol. The molecule has 2 aliphatic rings. The lowest BCUT2D eigenvalue weighted by Crippen LogP contribution is -2.57. The molecule has 2 heterocycles. The summed E-state index contributed by atoms with van der Waals surface area (Å²) in [5.74, 6) is -1.60. The lowest BCUT2D eigenvalue weighted by atomic mass is 9.95. The number of carbonyl (C=O) groups is 2. The van der Waals surface area contributed by atoms with Crippen molar-refractivity contribution < 1.29 is 24.2 Å². The molecule has 2 aliphatic heterocycles. The van der Waals surface area contributed by atoms with E-state index >= 15 is 0 Å². The van der Waals surface area contributed by atoms with E-state index in [1.165, 1.54) is 4.90 Å². The number of hydrogen-bond donors (Lipinski definition) is 2. The van der Waals surface area contributed by atoms with Crippen molar-refractivity contribution in [3.8, 4) is 0 Å². The van der Waals surface area contributed by atoms with Gasteiger partial charge in [-0.3, -0.25) is 4.79 Å². The van der Waals surface area contributed by atoms with Crippen LogP contribution in [0.4, 0.5) is 4.79 Å². The molecule has 2 fully saturated rings. The van der Waals surface area contributed by atoms with Gasteiger partial charge in [0.05, 0.1) is 31.4 Å². The first kappa shape index (κ1) is 15.1. The van der Waals surface area contributed by atoms with Crippen molar-refractivity contribution >= 4 is 12.0 Å². The Morgan fingerprint density at radius 2 is 2.10 bits per heavy atom. The topological polar surface area (TPSA) is 88.1 Å². The molecule has 2 rings (SSSR count). The van der Waals surface area contributed by atoms with Gasteiger partial charge in [-0.25, -0.2) is 4.79 Å². The lowest BCUT2D eigenvalue weighted by molar-refractivity contribution is -0.142. The first-order chi connectivity index (χ1) is 9.43. The van der Waals surface area contributed by atoms with Crippen molar-refractivity contribution in [2.45, 2.75) is 31.3 Å². The number of carboxylic acids is 1. The maximum Gasteiger partial charge on any atom is 0.317 e. The maximum atomic E-state index is 12.3. The number of ether oxygens (including phenoxy) is 2. The minimum absolute atomic E-state index is 0.151. The molecule has 114 valence electrons. The monoisotopic (exact) mass is 286 g/mol. The number of carboxylic acid groups (broad SMARTS) is 1. The molecule has 0 spiro atoms. The second-order valence-electron chi connectivity index (χ2n) is 5.81. The summed E-state index contributed by atoms with van der Waals surface area (Å²) < 4.78 is 10.6. The quantitative estimate of drug-likeness (QED) is 0.779. The van der Waals surface area contributed by atoms with E-state index in [4.69, 9.17) is 14.6 Å². The summed E-state index contributed by atoms with van der Waals surface area (Å²) >= 11 is 0. The number of likely N-dealkylation sites (N-methyl/N-ethyl adjacent to an activating group) is 1. The van der Waals surface area contributed by atoms with Crippen LogP contribution in [0, 0.1) is 5.92 Å². The Hall–Kier alpha value is -1.34. The molecule has 0 aromatic carbocycles. The van der Waals surface area contributed by atoms with E-state index in [1.807, 2.05) is 6.92 Å². The number of nitrogens with zero attached hydrogens (tertiary/aromatic N) is 1. The molecule has 0 aliphatic carbocycles. The smallest absolute Gasteiger partial charge is 0.317 e. The second-order valence-corrected chi connectivity index (χ2v) is 5.81. The summed E-state index contributed by atoms with van der Waals surface area (Å²) in [5, 5.41) is 12.1. The number of rotatable bonds is 3. The average molecular weight is 286 g/mol. The molecule has 2 N–H and O–H groups in total. The predicted molar refractivity (Wildman–Crippen MR) is 70.5 cm³/mol. The summed E-state index contributed by atoms with van der Waals surface area (Å²) in [5.41, 5.74) is -0.387. The highest BCUT2D eigenvalue weighted by atomic mass is 16.5. The summed E-state index contributed by atoms with van der Waals surface area (Å²) in [6.07, 6.45) is 1.76. The average Bonchev–Trinajstić information content (AvgIpc) is 2.87. The van der Waals surface area contributed by atoms with E-state index in [0.29, 0.717) is 6.61 Å². The van der Waals surface area contributed by atoms with E-state index in [-0.39, 0.29) is 24.8 Å². The number of carbonyl (C=O) groups excluding carboxylic acids is 1. The lowest BCUT2D eigenvalue weighted by Gasteiger charge is -2.37. The number of aliphatic carboxylic acids is 1. The molecule has 2 amide bonds. The minimum atomic E-state index is -0.931. The molecule has 0 bridgehead atoms. The number of urea groups is 1. The van der Waals surface area contributed by atoms with Crippen molar-refractivity contribution in [1.82, 2.24) is 10.2 Å². The van der Waals surface area contributed by atoms with Gasteiger partial charge in [0.2, 0.25) is 0 Å². The molecule has 0 aromatic heterocycles. The van der Waals surface area contributed by atoms with Gasteiger partial charge >= 0.3 is 12.0 Å². The molecular formula is C13H22N2O5. The molecule has 0 saturated carbocycles. The largest absolute Gasteiger partial charge is 0.481 e. The van der Waals surface area contributed by atoms with Crippen LogP contribution < -0.4 is 5.32 Å². The first-order valence-corrected chi connectivity index (χ1v) is 6.86. The van der Waals surface area contributed by atoms with Crippen molar-refractivity contribution in [1.29, 1.82) is 0 Å². The van der Waals surface area contributed by atoms with Crippen LogP contribution >= 0.6 is 0 Å². The normalized spacial score (nSPS) is 33.7. The second kappa shape index (κ2) is 5.97. The van der Waals surface area contributed by atoms with Gasteiger partial charge in [0, 0.05) is 13.7 Å². The molecule has 3 unspecified atom stereocenters. The van der Waals surface area contributed by atoms with Crippen molar-refractivity contribution in [2.75, 3.05) is 33.5 Å². The van der Waals surface area contributed by atoms with Gasteiger partial charge in [-0.1, -0.05) is 0 Å². The third-order valence-electron chi connectivity index (χ3n) is 4.03. The van der Waals surface area contributed by atoms with Gasteiger partial charge in [0.15, 0.2) is 0 Å². The third-order valence-corrected chi connectivity index (χ3v) is 4.03. The van der Waals surface area contributed by atoms with Gasteiger partial charge in [-0.05, 0) is 19.8 Å². The van der Waals surface area contributed by atoms with E-state index in [9.17, 15) is 9.59 Å². The highest BCUT2D eigenvalue weighted by Crippen LogP contribution is 2.22. The van der Waals surface area contributed by atoms with Gasteiger partial charge in [0.1, 0.15) is 5.92 Å². The summed E-state index contributed by atoms with van der Waals surface area (Å²) in [4.78, 5) is 24.9. The Bertz CT molecular complexity index is 381. The van der Waals surface area contributed by atoms with Crippen LogP contribution in [0.5, 0.6) is 0 Å². The standard InChI is InChI=1S/C13H22N2O5/c1-13(4-3-5-19-8-13)14-12(18)15(2)10-7-20-6-9(10)11(16)17/h9-10H,3-8H2,1-2H3,(H,14,18)(H,16,17). The molecule has 7 heteroatoms. The zero-order valence-corrected chi connectivity index (χ0v) is 11.9. The van der Waals surface area contributed by atoms with Gasteiger partial charge in [-0.2, -0.15) is 0 Å². The molecule has 0 aromatic rings. The molecule has 0 radical (unpaired) electrons. The number of nitrogens with one attached hydrogen (secondary N) is 1. The third kappa shape index (κ3) is 3.21. The van der Waals surface area contributed by atoms with E-state index in [2.05, 4.69) is 5.32 Å². The predicted octanol–water partition coefficient (Wildman–Crippen LogP) is 0.296. The zero-order valence-electron chi connectivity index (χ0n) is 11.9. The SMILES string of the molecule is CN(C(=O)NC1(C)CCCOC1)C1COCC1C(=O)O. The van der Waals surface area contributed by atoms with Gasteiger partial charge in [-0.15, -0.1) is 0 Å². The fourth-order valence-electron chi connectivity index (χ4n) is 2.69. The Labute approximate surface area is 118 Å². The van der Waals surface area contributed by atoms with Crippen LogP contribution in [0.2, 0.25) is 0 Å². The van der Waals surface area contributed by atoms with Crippen molar-refractivity contribution in [3.05, 3.63) is 0 Å². The number of hydrogen-bond acceptors (Lipinski definition) is 4. The Morgan fingerprint density at radius 3 is 2.70 bits per heavy atom. The van der Waals surface area contributed by atoms with Crippen LogP contribution in [0.15, 0.2) is 0 Å². The Balaban J connectivity index is 1.96. The summed E-state index contributed by atoms with van der Waals surface area (Å²) in [7, 11) is 1.61. The number of amides is 2. The molecule has 3 atom stereocenters. The van der Waals surface area contributed by atoms with Crippen LogP contribution in [-0.2, 0) is 14.3 Å². The summed E-state index contributed by atoms with van der Waals surface area (Å²) in [6, 6.07) is -0.708. The maximum absolute atomic E-state index is 12.3. The Kier molecular flexibility index (Phi) is 4.49. The fourth-order valence-corrected chi connectivity index (χ4v) is 2.69. The fraction of sp³-hybridized carbons (Fsp3) is 0.846. The van der Waals surface area contributed by atoms with Crippen LogP contribution in [-0.4, -0.2) is 67.1 Å². The van der Waals surface area contributed by atoms with E-state index in [1.54, 1.807) is 7.05 Å². The highest BCUT2D eigenvalue weighted by molar-refractivity contribution is 5.77. The minimum Gasteiger partial charge on any atom is -0.481 e. The zero-order chi connectivity index (χ0) is 14.8.